The van der Waals surface area contributed by atoms with Gasteiger partial charge in [0.05, 0.1) is 5.92 Å². The molecule has 0 radical (unpaired) electrons. The molecule has 0 heterocycles. The molecule has 14 heavy (non-hydrogen) atoms. The molecule has 1 saturated carbocycles. The Morgan fingerprint density at radius 2 is 1.93 bits per heavy atom. The molecule has 0 aromatic carbocycles. The predicted octanol–water partition coefficient (Wildman–Crippen LogP) is 2.46. The van der Waals surface area contributed by atoms with Crippen LogP contribution in [-0.2, 0) is 4.79 Å². The van der Waals surface area contributed by atoms with Crippen LogP contribution in [0.1, 0.15) is 13.8 Å². The van der Waals surface area contributed by atoms with Gasteiger partial charge in [0.25, 0.3) is 0 Å². The first kappa shape index (κ1) is 11.1. The van der Waals surface area contributed by atoms with Gasteiger partial charge < -0.3 is 5.11 Å². The predicted molar refractivity (Wildman–Crippen MR) is 43.6 cm³/mol. The third-order valence-electron chi connectivity index (χ3n) is 2.67. The molecule has 2 atom stereocenters. The lowest BCUT2D eigenvalue weighted by molar-refractivity contribution is -0.139. The van der Waals surface area contributed by atoms with Gasteiger partial charge in [-0.15, -0.1) is 0 Å². The maximum Gasteiger partial charge on any atom is 0.409 e. The average Bonchev–Trinajstić information content (AvgIpc) is 2.47. The van der Waals surface area contributed by atoms with Gasteiger partial charge in [0.1, 0.15) is 0 Å². The Bertz CT molecular complexity index is 278. The molecule has 1 rings (SSSR count). The maximum atomic E-state index is 11.8. The number of carboxylic acid groups (broad SMARTS) is 1. The van der Waals surface area contributed by atoms with Crippen LogP contribution in [0.4, 0.5) is 13.2 Å². The number of aliphatic carboxylic acids is 1. The lowest BCUT2D eigenvalue weighted by Gasteiger charge is -1.98. The van der Waals surface area contributed by atoms with Crippen molar-refractivity contribution in [2.75, 3.05) is 0 Å². The lowest BCUT2D eigenvalue weighted by atomic mass is 10.1. The van der Waals surface area contributed by atoms with Gasteiger partial charge in [0.2, 0.25) is 0 Å². The molecule has 80 valence electrons. The fourth-order valence-corrected chi connectivity index (χ4v) is 1.72. The number of halogens is 3. The van der Waals surface area contributed by atoms with Crippen molar-refractivity contribution in [2.24, 2.45) is 17.3 Å². The molecule has 1 unspecified atom stereocenters. The van der Waals surface area contributed by atoms with E-state index in [0.29, 0.717) is 0 Å². The second-order valence-corrected chi connectivity index (χ2v) is 4.06. The number of rotatable bonds is 2. The second-order valence-electron chi connectivity index (χ2n) is 4.06. The number of alkyl halides is 3. The van der Waals surface area contributed by atoms with E-state index in [4.69, 9.17) is 5.11 Å². The molecule has 0 aliphatic heterocycles. The van der Waals surface area contributed by atoms with E-state index in [1.165, 1.54) is 0 Å². The Morgan fingerprint density at radius 3 is 2.21 bits per heavy atom. The monoisotopic (exact) mass is 208 g/mol. The zero-order valence-corrected chi connectivity index (χ0v) is 7.80. The maximum absolute atomic E-state index is 11.8. The smallest absolute Gasteiger partial charge is 0.409 e. The second kappa shape index (κ2) is 3.00. The summed E-state index contributed by atoms with van der Waals surface area (Å²) in [7, 11) is 0. The topological polar surface area (TPSA) is 37.3 Å². The molecule has 0 saturated heterocycles. The molecule has 0 aromatic heterocycles. The van der Waals surface area contributed by atoms with Crippen molar-refractivity contribution in [3.63, 3.8) is 0 Å². The van der Waals surface area contributed by atoms with E-state index >= 15 is 0 Å². The van der Waals surface area contributed by atoms with E-state index in [0.717, 1.165) is 6.08 Å². The summed E-state index contributed by atoms with van der Waals surface area (Å²) in [4.78, 5) is 10.6. The van der Waals surface area contributed by atoms with Gasteiger partial charge in [-0.2, -0.15) is 13.2 Å². The SMILES string of the molecule is CC1(C)C(C=CC(F)(F)F)[C@H]1C(=O)O. The zero-order chi connectivity index (χ0) is 11.1. The molecule has 0 bridgehead atoms. The Balaban J connectivity index is 2.67. The van der Waals surface area contributed by atoms with E-state index < -0.39 is 29.4 Å². The van der Waals surface area contributed by atoms with Crippen LogP contribution in [0.25, 0.3) is 0 Å². The molecule has 1 aliphatic rings. The van der Waals surface area contributed by atoms with Gasteiger partial charge >= 0.3 is 12.1 Å². The average molecular weight is 208 g/mol. The third-order valence-corrected chi connectivity index (χ3v) is 2.67. The Morgan fingerprint density at radius 1 is 1.43 bits per heavy atom. The molecule has 1 N–H and O–H groups in total. The van der Waals surface area contributed by atoms with Crippen LogP contribution in [0.3, 0.4) is 0 Å². The summed E-state index contributed by atoms with van der Waals surface area (Å²) in [6, 6.07) is 0. The molecule has 0 amide bonds. The molecule has 0 spiro atoms. The molecular weight excluding hydrogens is 197 g/mol. The normalized spacial score (nSPS) is 30.6. The van der Waals surface area contributed by atoms with E-state index in [1.807, 2.05) is 0 Å². The summed E-state index contributed by atoms with van der Waals surface area (Å²) < 4.78 is 35.4. The van der Waals surface area contributed by atoms with Gasteiger partial charge in [-0.25, -0.2) is 0 Å². The Labute approximate surface area is 79.4 Å². The van der Waals surface area contributed by atoms with Crippen molar-refractivity contribution in [2.45, 2.75) is 20.0 Å². The first-order chi connectivity index (χ1) is 6.16. The number of hydrogen-bond donors (Lipinski definition) is 1. The van der Waals surface area contributed by atoms with Crippen molar-refractivity contribution in [3.8, 4) is 0 Å². The highest BCUT2D eigenvalue weighted by atomic mass is 19.4. The van der Waals surface area contributed by atoms with Gasteiger partial charge in [-0.1, -0.05) is 19.9 Å². The first-order valence-corrected chi connectivity index (χ1v) is 4.15. The highest BCUT2D eigenvalue weighted by Crippen LogP contribution is 2.59. The molecule has 0 aromatic rings. The minimum Gasteiger partial charge on any atom is -0.481 e. The van der Waals surface area contributed by atoms with Crippen molar-refractivity contribution in [3.05, 3.63) is 12.2 Å². The number of carbonyl (C=O) groups is 1. The number of carboxylic acids is 1. The van der Waals surface area contributed by atoms with Gasteiger partial charge in [0, 0.05) is 6.08 Å². The number of hydrogen-bond acceptors (Lipinski definition) is 1. The third kappa shape index (κ3) is 2.08. The van der Waals surface area contributed by atoms with E-state index in [1.54, 1.807) is 13.8 Å². The van der Waals surface area contributed by atoms with Gasteiger partial charge in [0.15, 0.2) is 0 Å². The van der Waals surface area contributed by atoms with Crippen LogP contribution in [0, 0.1) is 17.3 Å². The quantitative estimate of drug-likeness (QED) is 0.708. The molecule has 1 aliphatic carbocycles. The zero-order valence-electron chi connectivity index (χ0n) is 7.80. The van der Waals surface area contributed by atoms with Crippen molar-refractivity contribution >= 4 is 5.97 Å². The minimum absolute atomic E-state index is 0.113. The van der Waals surface area contributed by atoms with Crippen molar-refractivity contribution in [1.82, 2.24) is 0 Å². The fourth-order valence-electron chi connectivity index (χ4n) is 1.72. The summed E-state index contributed by atoms with van der Waals surface area (Å²) >= 11 is 0. The van der Waals surface area contributed by atoms with Crippen LogP contribution in [0.15, 0.2) is 12.2 Å². The Hall–Kier alpha value is -1.00. The van der Waals surface area contributed by atoms with E-state index in [9.17, 15) is 18.0 Å². The minimum atomic E-state index is -4.36. The standard InChI is InChI=1S/C9H11F3O2/c1-8(2)5(6(8)7(13)14)3-4-9(10,11)12/h3-6H,1-2H3,(H,13,14)/t5?,6-/m0/s1. The van der Waals surface area contributed by atoms with Crippen LogP contribution in [0.2, 0.25) is 0 Å². The van der Waals surface area contributed by atoms with Crippen molar-refractivity contribution < 1.29 is 23.1 Å². The molecule has 1 fully saturated rings. The summed E-state index contributed by atoms with van der Waals surface area (Å²) in [5.41, 5.74) is -0.562. The van der Waals surface area contributed by atoms with Crippen LogP contribution < -0.4 is 0 Å². The molecule has 2 nitrogen and oxygen atoms in total. The van der Waals surface area contributed by atoms with Crippen LogP contribution >= 0.6 is 0 Å². The van der Waals surface area contributed by atoms with Gasteiger partial charge in [-0.3, -0.25) is 4.79 Å². The van der Waals surface area contributed by atoms with Crippen molar-refractivity contribution in [1.29, 1.82) is 0 Å². The first-order valence-electron chi connectivity index (χ1n) is 4.15. The summed E-state index contributed by atoms with van der Waals surface area (Å²) in [6.07, 6.45) is -3.30. The van der Waals surface area contributed by atoms with E-state index in [-0.39, 0.29) is 6.08 Å². The summed E-state index contributed by atoms with van der Waals surface area (Å²) in [6.45, 7) is 3.30. The Kier molecular flexibility index (Phi) is 2.37. The number of allylic oxidation sites excluding steroid dienone is 2. The highest BCUT2D eigenvalue weighted by Gasteiger charge is 2.60. The molecule has 5 heteroatoms. The lowest BCUT2D eigenvalue weighted by Crippen LogP contribution is -2.03. The van der Waals surface area contributed by atoms with E-state index in [2.05, 4.69) is 0 Å². The largest absolute Gasteiger partial charge is 0.481 e. The van der Waals surface area contributed by atoms with Crippen LogP contribution in [0.5, 0.6) is 0 Å². The van der Waals surface area contributed by atoms with Crippen LogP contribution in [-0.4, -0.2) is 17.3 Å². The fraction of sp³-hybridized carbons (Fsp3) is 0.667. The highest BCUT2D eigenvalue weighted by molar-refractivity contribution is 5.76. The van der Waals surface area contributed by atoms with Gasteiger partial charge in [-0.05, 0) is 11.3 Å². The molecular formula is C9H11F3O2. The summed E-state index contributed by atoms with van der Waals surface area (Å²) in [5, 5.41) is 8.67. The summed E-state index contributed by atoms with van der Waals surface area (Å²) in [5.74, 6) is -2.24.